The fourth-order valence-corrected chi connectivity index (χ4v) is 2.73. The largest absolute Gasteiger partial charge is 0.356 e. The van der Waals surface area contributed by atoms with Gasteiger partial charge in [0.1, 0.15) is 12.1 Å². The fourth-order valence-electron chi connectivity index (χ4n) is 2.37. The first-order valence-electron chi connectivity index (χ1n) is 6.00. The van der Waals surface area contributed by atoms with E-state index in [0.29, 0.717) is 0 Å². The maximum atomic E-state index is 4.47. The van der Waals surface area contributed by atoms with Crippen LogP contribution in [0.4, 0.5) is 5.82 Å². The number of aromatic nitrogens is 2. The van der Waals surface area contributed by atoms with E-state index in [2.05, 4.69) is 36.9 Å². The molecule has 0 saturated carbocycles. The molecule has 1 aromatic carbocycles. The van der Waals surface area contributed by atoms with Gasteiger partial charge in [-0.05, 0) is 37.5 Å². The number of hydrogen-bond donors (Lipinski definition) is 0. The van der Waals surface area contributed by atoms with E-state index in [1.807, 2.05) is 12.1 Å². The second kappa shape index (κ2) is 4.61. The van der Waals surface area contributed by atoms with Crippen molar-refractivity contribution in [2.24, 2.45) is 0 Å². The quantitative estimate of drug-likeness (QED) is 0.807. The number of piperidine rings is 1. The number of halogens is 1. The van der Waals surface area contributed by atoms with Crippen molar-refractivity contribution in [3.63, 3.8) is 0 Å². The molecule has 4 heteroatoms. The average molecular weight is 292 g/mol. The Morgan fingerprint density at radius 3 is 2.71 bits per heavy atom. The second-order valence-corrected chi connectivity index (χ2v) is 5.32. The number of rotatable bonds is 1. The molecule has 3 rings (SSSR count). The summed E-state index contributed by atoms with van der Waals surface area (Å²) in [5.41, 5.74) is 1.02. The summed E-state index contributed by atoms with van der Waals surface area (Å²) < 4.78 is 1.08. The minimum absolute atomic E-state index is 1.02. The third-order valence-corrected chi connectivity index (χ3v) is 3.73. The Morgan fingerprint density at radius 2 is 1.88 bits per heavy atom. The van der Waals surface area contributed by atoms with Gasteiger partial charge in [-0.2, -0.15) is 0 Å². The molecule has 3 nitrogen and oxygen atoms in total. The first-order valence-corrected chi connectivity index (χ1v) is 6.79. The molecule has 1 aliphatic rings. The standard InChI is InChI=1S/C13H14BrN3/c14-10-4-5-12-11(8-10)13(16-9-15-12)17-6-2-1-3-7-17/h4-5,8-9H,1-3,6-7H2. The zero-order valence-electron chi connectivity index (χ0n) is 9.56. The van der Waals surface area contributed by atoms with E-state index >= 15 is 0 Å². The van der Waals surface area contributed by atoms with Crippen LogP contribution in [0.3, 0.4) is 0 Å². The van der Waals surface area contributed by atoms with Crippen molar-refractivity contribution in [1.82, 2.24) is 9.97 Å². The van der Waals surface area contributed by atoms with Crippen molar-refractivity contribution in [3.8, 4) is 0 Å². The molecule has 0 N–H and O–H groups in total. The summed E-state index contributed by atoms with van der Waals surface area (Å²) in [7, 11) is 0. The Hall–Kier alpha value is -1.16. The second-order valence-electron chi connectivity index (χ2n) is 4.41. The summed E-state index contributed by atoms with van der Waals surface area (Å²) >= 11 is 3.52. The lowest BCUT2D eigenvalue weighted by molar-refractivity contribution is 0.574. The van der Waals surface area contributed by atoms with Crippen molar-refractivity contribution in [2.75, 3.05) is 18.0 Å². The van der Waals surface area contributed by atoms with Gasteiger partial charge in [0.15, 0.2) is 0 Å². The highest BCUT2D eigenvalue weighted by atomic mass is 79.9. The van der Waals surface area contributed by atoms with E-state index in [9.17, 15) is 0 Å². The van der Waals surface area contributed by atoms with Gasteiger partial charge in [-0.15, -0.1) is 0 Å². The third-order valence-electron chi connectivity index (χ3n) is 3.23. The lowest BCUT2D eigenvalue weighted by atomic mass is 10.1. The molecule has 0 amide bonds. The van der Waals surface area contributed by atoms with Crippen LogP contribution in [0.15, 0.2) is 29.0 Å². The summed E-state index contributed by atoms with van der Waals surface area (Å²) in [5.74, 6) is 1.08. The highest BCUT2D eigenvalue weighted by molar-refractivity contribution is 9.10. The van der Waals surface area contributed by atoms with E-state index in [1.165, 1.54) is 19.3 Å². The predicted molar refractivity (Wildman–Crippen MR) is 73.3 cm³/mol. The minimum Gasteiger partial charge on any atom is -0.356 e. The van der Waals surface area contributed by atoms with Crippen LogP contribution in [-0.2, 0) is 0 Å². The highest BCUT2D eigenvalue weighted by Crippen LogP contribution is 2.27. The molecule has 1 aromatic heterocycles. The van der Waals surface area contributed by atoms with E-state index in [-0.39, 0.29) is 0 Å². The fraction of sp³-hybridized carbons (Fsp3) is 0.385. The predicted octanol–water partition coefficient (Wildman–Crippen LogP) is 3.38. The molecule has 1 saturated heterocycles. The van der Waals surface area contributed by atoms with E-state index in [0.717, 1.165) is 34.3 Å². The molecule has 0 bridgehead atoms. The molecular weight excluding hydrogens is 278 g/mol. The van der Waals surface area contributed by atoms with Gasteiger partial charge < -0.3 is 4.90 Å². The summed E-state index contributed by atoms with van der Waals surface area (Å²) in [6.45, 7) is 2.22. The van der Waals surface area contributed by atoms with Crippen LogP contribution in [0.1, 0.15) is 19.3 Å². The third kappa shape index (κ3) is 2.14. The van der Waals surface area contributed by atoms with Crippen molar-refractivity contribution in [2.45, 2.75) is 19.3 Å². The van der Waals surface area contributed by atoms with Crippen molar-refractivity contribution in [3.05, 3.63) is 29.0 Å². The minimum atomic E-state index is 1.02. The number of hydrogen-bond acceptors (Lipinski definition) is 3. The number of nitrogens with zero attached hydrogens (tertiary/aromatic N) is 3. The summed E-state index contributed by atoms with van der Waals surface area (Å²) in [4.78, 5) is 11.2. The topological polar surface area (TPSA) is 29.0 Å². The Morgan fingerprint density at radius 1 is 1.06 bits per heavy atom. The maximum Gasteiger partial charge on any atom is 0.139 e. The van der Waals surface area contributed by atoms with Gasteiger partial charge in [-0.3, -0.25) is 0 Å². The van der Waals surface area contributed by atoms with Crippen molar-refractivity contribution in [1.29, 1.82) is 0 Å². The molecule has 2 heterocycles. The van der Waals surface area contributed by atoms with Crippen LogP contribution in [0, 0.1) is 0 Å². The Balaban J connectivity index is 2.11. The summed E-state index contributed by atoms with van der Waals surface area (Å²) in [5, 5.41) is 1.14. The van der Waals surface area contributed by atoms with Crippen LogP contribution in [0.2, 0.25) is 0 Å². The normalized spacial score (nSPS) is 16.4. The zero-order chi connectivity index (χ0) is 11.7. The smallest absolute Gasteiger partial charge is 0.139 e. The van der Waals surface area contributed by atoms with Crippen molar-refractivity contribution < 1.29 is 0 Å². The molecule has 1 fully saturated rings. The summed E-state index contributed by atoms with van der Waals surface area (Å²) in [6.07, 6.45) is 5.53. The zero-order valence-corrected chi connectivity index (χ0v) is 11.2. The highest BCUT2D eigenvalue weighted by Gasteiger charge is 2.15. The Bertz CT molecular complexity index is 535. The molecule has 0 spiro atoms. The van der Waals surface area contributed by atoms with Crippen LogP contribution in [-0.4, -0.2) is 23.1 Å². The van der Waals surface area contributed by atoms with Gasteiger partial charge in [-0.1, -0.05) is 15.9 Å². The molecule has 0 radical (unpaired) electrons. The van der Waals surface area contributed by atoms with E-state index < -0.39 is 0 Å². The first-order chi connectivity index (χ1) is 8.34. The monoisotopic (exact) mass is 291 g/mol. The molecular formula is C13H14BrN3. The van der Waals surface area contributed by atoms with Gasteiger partial charge in [0.2, 0.25) is 0 Å². The molecule has 2 aromatic rings. The van der Waals surface area contributed by atoms with Crippen LogP contribution < -0.4 is 4.90 Å². The van der Waals surface area contributed by atoms with Gasteiger partial charge in [0, 0.05) is 22.9 Å². The van der Waals surface area contributed by atoms with Crippen molar-refractivity contribution >= 4 is 32.7 Å². The summed E-state index contributed by atoms with van der Waals surface area (Å²) in [6, 6.07) is 6.17. The molecule has 0 atom stereocenters. The van der Waals surface area contributed by atoms with Gasteiger partial charge in [0.05, 0.1) is 5.52 Å². The molecule has 0 unspecified atom stereocenters. The molecule has 88 valence electrons. The molecule has 0 aliphatic carbocycles. The van der Waals surface area contributed by atoms with Crippen LogP contribution in [0.5, 0.6) is 0 Å². The van der Waals surface area contributed by atoms with Gasteiger partial charge in [-0.25, -0.2) is 9.97 Å². The van der Waals surface area contributed by atoms with Gasteiger partial charge in [0.25, 0.3) is 0 Å². The molecule has 1 aliphatic heterocycles. The number of benzene rings is 1. The lowest BCUT2D eigenvalue weighted by Gasteiger charge is -2.28. The van der Waals surface area contributed by atoms with E-state index in [4.69, 9.17) is 0 Å². The SMILES string of the molecule is Brc1ccc2ncnc(N3CCCCC3)c2c1. The van der Waals surface area contributed by atoms with E-state index in [1.54, 1.807) is 6.33 Å². The molecule has 17 heavy (non-hydrogen) atoms. The number of anilines is 1. The Kier molecular flexibility index (Phi) is 2.97. The average Bonchev–Trinajstić information content (AvgIpc) is 2.39. The first kappa shape index (κ1) is 11.0. The van der Waals surface area contributed by atoms with Gasteiger partial charge >= 0.3 is 0 Å². The number of fused-ring (bicyclic) bond motifs is 1. The maximum absolute atomic E-state index is 4.47. The van der Waals surface area contributed by atoms with Crippen LogP contribution in [0.25, 0.3) is 10.9 Å². The Labute approximate surface area is 109 Å². The van der Waals surface area contributed by atoms with Crippen LogP contribution >= 0.6 is 15.9 Å². The lowest BCUT2D eigenvalue weighted by Crippen LogP contribution is -2.30.